The Labute approximate surface area is 196 Å². The fraction of sp³-hybridized carbons (Fsp3) is 0.560. The molecule has 170 valence electrons. The SMILES string of the molecule is CC1(C)Cc2cc3n(c2C1)CCN(Cc1ccc(B2OC(C)(C)C(C)(C)O2)cc1Cl)C3=O. The molecule has 0 saturated carbocycles. The van der Waals surface area contributed by atoms with E-state index in [9.17, 15) is 4.79 Å². The average molecular weight is 455 g/mol. The number of hydrogen-bond donors (Lipinski definition) is 0. The Balaban J connectivity index is 1.32. The summed E-state index contributed by atoms with van der Waals surface area (Å²) >= 11 is 6.66. The predicted octanol–water partition coefficient (Wildman–Crippen LogP) is 4.22. The molecule has 0 bridgehead atoms. The molecule has 0 radical (unpaired) electrons. The van der Waals surface area contributed by atoms with Crippen LogP contribution in [0.3, 0.4) is 0 Å². The van der Waals surface area contributed by atoms with E-state index in [1.54, 1.807) is 0 Å². The number of hydrogen-bond acceptors (Lipinski definition) is 3. The summed E-state index contributed by atoms with van der Waals surface area (Å²) in [5, 5.41) is 0.634. The van der Waals surface area contributed by atoms with E-state index >= 15 is 0 Å². The molecule has 1 saturated heterocycles. The second kappa shape index (κ2) is 7.12. The average Bonchev–Trinajstić information content (AvgIpc) is 3.24. The van der Waals surface area contributed by atoms with E-state index in [0.717, 1.165) is 36.1 Å². The van der Waals surface area contributed by atoms with Gasteiger partial charge in [0.15, 0.2) is 0 Å². The van der Waals surface area contributed by atoms with Crippen molar-refractivity contribution in [3.8, 4) is 0 Å². The third-order valence-electron chi connectivity index (χ3n) is 7.68. The second-order valence-electron chi connectivity index (χ2n) is 11.3. The highest BCUT2D eigenvalue weighted by molar-refractivity contribution is 6.62. The third-order valence-corrected chi connectivity index (χ3v) is 8.03. The van der Waals surface area contributed by atoms with Crippen molar-refractivity contribution in [2.24, 2.45) is 5.41 Å². The molecule has 5 nitrogen and oxygen atoms in total. The van der Waals surface area contributed by atoms with E-state index in [0.29, 0.717) is 23.5 Å². The maximum Gasteiger partial charge on any atom is 0.494 e. The van der Waals surface area contributed by atoms with E-state index in [1.807, 2.05) is 50.8 Å². The highest BCUT2D eigenvalue weighted by Gasteiger charge is 2.51. The van der Waals surface area contributed by atoms with Gasteiger partial charge in [-0.15, -0.1) is 0 Å². The molecule has 2 aromatic rings. The van der Waals surface area contributed by atoms with Crippen LogP contribution in [-0.4, -0.2) is 40.2 Å². The summed E-state index contributed by atoms with van der Waals surface area (Å²) in [7, 11) is -0.446. The minimum atomic E-state index is -0.446. The molecule has 1 aromatic carbocycles. The summed E-state index contributed by atoms with van der Waals surface area (Å²) in [6, 6.07) is 8.01. The van der Waals surface area contributed by atoms with Crippen LogP contribution in [0, 0.1) is 5.41 Å². The maximum absolute atomic E-state index is 13.2. The van der Waals surface area contributed by atoms with Crippen molar-refractivity contribution in [2.45, 2.75) is 78.7 Å². The van der Waals surface area contributed by atoms with Crippen molar-refractivity contribution >= 4 is 30.1 Å². The molecule has 3 aliphatic rings. The van der Waals surface area contributed by atoms with Crippen molar-refractivity contribution in [1.82, 2.24) is 9.47 Å². The first-order valence-electron chi connectivity index (χ1n) is 11.5. The van der Waals surface area contributed by atoms with E-state index in [1.165, 1.54) is 11.3 Å². The number of halogens is 1. The molecule has 0 spiro atoms. The summed E-state index contributed by atoms with van der Waals surface area (Å²) in [6.07, 6.45) is 2.09. The number of nitrogens with zero attached hydrogens (tertiary/aromatic N) is 2. The van der Waals surface area contributed by atoms with E-state index < -0.39 is 18.3 Å². The lowest BCUT2D eigenvalue weighted by Gasteiger charge is -2.32. The first-order valence-corrected chi connectivity index (χ1v) is 11.9. The number of benzene rings is 1. The van der Waals surface area contributed by atoms with E-state index in [4.69, 9.17) is 20.9 Å². The normalized spacial score (nSPS) is 22.9. The van der Waals surface area contributed by atoms with Gasteiger partial charge in [-0.1, -0.05) is 37.6 Å². The Morgan fingerprint density at radius 3 is 2.34 bits per heavy atom. The van der Waals surface area contributed by atoms with Gasteiger partial charge in [0.2, 0.25) is 0 Å². The van der Waals surface area contributed by atoms with Crippen molar-refractivity contribution in [2.75, 3.05) is 6.54 Å². The summed E-state index contributed by atoms with van der Waals surface area (Å²) < 4.78 is 14.5. The maximum atomic E-state index is 13.2. The van der Waals surface area contributed by atoms with Gasteiger partial charge >= 0.3 is 7.12 Å². The van der Waals surface area contributed by atoms with Crippen molar-refractivity contribution in [1.29, 1.82) is 0 Å². The minimum absolute atomic E-state index is 0.0922. The number of amides is 1. The quantitative estimate of drug-likeness (QED) is 0.652. The highest BCUT2D eigenvalue weighted by Crippen LogP contribution is 2.39. The Morgan fingerprint density at radius 2 is 1.69 bits per heavy atom. The first kappa shape index (κ1) is 22.1. The molecular weight excluding hydrogens is 423 g/mol. The Kier molecular flexibility index (Phi) is 4.91. The lowest BCUT2D eigenvalue weighted by Crippen LogP contribution is -2.41. The molecule has 2 aliphatic heterocycles. The summed E-state index contributed by atoms with van der Waals surface area (Å²) in [4.78, 5) is 15.1. The van der Waals surface area contributed by atoms with Crippen LogP contribution in [0.25, 0.3) is 0 Å². The van der Waals surface area contributed by atoms with Gasteiger partial charge in [0.25, 0.3) is 5.91 Å². The monoisotopic (exact) mass is 454 g/mol. The lowest BCUT2D eigenvalue weighted by molar-refractivity contribution is 0.00578. The van der Waals surface area contributed by atoms with Crippen LogP contribution in [0.4, 0.5) is 0 Å². The molecule has 0 N–H and O–H groups in total. The van der Waals surface area contributed by atoms with E-state index in [2.05, 4.69) is 24.5 Å². The fourth-order valence-corrected chi connectivity index (χ4v) is 5.38. The van der Waals surface area contributed by atoms with Crippen molar-refractivity contribution < 1.29 is 14.1 Å². The molecule has 3 heterocycles. The topological polar surface area (TPSA) is 43.7 Å². The Hall–Kier alpha value is -1.76. The minimum Gasteiger partial charge on any atom is -0.399 e. The highest BCUT2D eigenvalue weighted by atomic mass is 35.5. The van der Waals surface area contributed by atoms with Crippen LogP contribution in [0.2, 0.25) is 5.02 Å². The van der Waals surface area contributed by atoms with Crippen LogP contribution in [0.5, 0.6) is 0 Å². The molecule has 7 heteroatoms. The van der Waals surface area contributed by atoms with Crippen LogP contribution in [0.1, 0.15) is 68.9 Å². The number of carbonyl (C=O) groups excluding carboxylic acids is 1. The summed E-state index contributed by atoms with van der Waals surface area (Å²) in [5.74, 6) is 0.0922. The number of carbonyl (C=O) groups is 1. The van der Waals surface area contributed by atoms with Crippen LogP contribution in [0.15, 0.2) is 24.3 Å². The lowest BCUT2D eigenvalue weighted by atomic mass is 9.79. The zero-order chi connectivity index (χ0) is 23.1. The molecule has 1 aliphatic carbocycles. The molecule has 1 amide bonds. The largest absolute Gasteiger partial charge is 0.494 e. The number of aromatic nitrogens is 1. The molecule has 5 rings (SSSR count). The third kappa shape index (κ3) is 3.51. The summed E-state index contributed by atoms with van der Waals surface area (Å²) in [6.45, 7) is 14.8. The molecule has 0 atom stereocenters. The van der Waals surface area contributed by atoms with Crippen LogP contribution in [-0.2, 0) is 35.2 Å². The van der Waals surface area contributed by atoms with Crippen LogP contribution >= 0.6 is 11.6 Å². The molecular formula is C25H32BClN2O3. The van der Waals surface area contributed by atoms with Gasteiger partial charge in [0.05, 0.1) is 11.2 Å². The fourth-order valence-electron chi connectivity index (χ4n) is 5.13. The van der Waals surface area contributed by atoms with Crippen molar-refractivity contribution in [3.05, 3.63) is 51.8 Å². The first-order chi connectivity index (χ1) is 14.9. The van der Waals surface area contributed by atoms with Gasteiger partial charge in [-0.3, -0.25) is 4.79 Å². The molecule has 1 aromatic heterocycles. The molecule has 32 heavy (non-hydrogen) atoms. The summed E-state index contributed by atoms with van der Waals surface area (Å²) in [5.41, 5.74) is 4.85. The van der Waals surface area contributed by atoms with Gasteiger partial charge in [-0.2, -0.15) is 0 Å². The molecule has 1 fully saturated rings. The van der Waals surface area contributed by atoms with Gasteiger partial charge < -0.3 is 18.8 Å². The van der Waals surface area contributed by atoms with Crippen molar-refractivity contribution in [3.63, 3.8) is 0 Å². The van der Waals surface area contributed by atoms with Gasteiger partial charge in [0.1, 0.15) is 5.69 Å². The zero-order valence-electron chi connectivity index (χ0n) is 19.9. The standard InChI is InChI=1S/C25H32BClN2O3/c1-23(2)13-17-11-20-22(30)28(9-10-29(20)21(17)14-23)15-16-7-8-18(12-19(16)27)26-31-24(3,4)25(5,6)32-26/h7-8,11-12H,9-10,13-15H2,1-6H3. The predicted molar refractivity (Wildman–Crippen MR) is 128 cm³/mol. The van der Waals surface area contributed by atoms with Gasteiger partial charge in [-0.05, 0) is 74.7 Å². The van der Waals surface area contributed by atoms with Crippen LogP contribution < -0.4 is 5.46 Å². The number of fused-ring (bicyclic) bond motifs is 3. The molecule has 0 unspecified atom stereocenters. The Morgan fingerprint density at radius 1 is 1.00 bits per heavy atom. The zero-order valence-corrected chi connectivity index (χ0v) is 20.7. The van der Waals surface area contributed by atoms with Gasteiger partial charge in [0, 0.05) is 30.4 Å². The smallest absolute Gasteiger partial charge is 0.399 e. The second-order valence-corrected chi connectivity index (χ2v) is 11.7. The van der Waals surface area contributed by atoms with E-state index in [-0.39, 0.29) is 5.91 Å². The number of rotatable bonds is 3. The van der Waals surface area contributed by atoms with Gasteiger partial charge in [-0.25, -0.2) is 0 Å². The Bertz CT molecular complexity index is 1090.